The molecule has 0 fully saturated rings. The molecule has 0 aliphatic heterocycles. The summed E-state index contributed by atoms with van der Waals surface area (Å²) < 4.78 is 6.21. The molecule has 0 aliphatic carbocycles. The van der Waals surface area contributed by atoms with Crippen LogP contribution in [0.1, 0.15) is 25.0 Å². The highest BCUT2D eigenvalue weighted by molar-refractivity contribution is 6.69. The lowest BCUT2D eigenvalue weighted by atomic mass is 10.0. The van der Waals surface area contributed by atoms with Crippen molar-refractivity contribution in [3.63, 3.8) is 0 Å². The van der Waals surface area contributed by atoms with E-state index in [1.165, 1.54) is 5.56 Å². The summed E-state index contributed by atoms with van der Waals surface area (Å²) in [5.74, 6) is 0. The van der Waals surface area contributed by atoms with E-state index in [-0.39, 0.29) is 6.10 Å². The summed E-state index contributed by atoms with van der Waals surface area (Å²) in [6, 6.07) is 7.90. The third-order valence-electron chi connectivity index (χ3n) is 2.27. The molecule has 1 nitrogen and oxygen atoms in total. The van der Waals surface area contributed by atoms with Gasteiger partial charge in [-0.15, -0.1) is 6.58 Å². The quantitative estimate of drug-likeness (QED) is 0.527. The fourth-order valence-electron chi connectivity index (χ4n) is 1.65. The molecule has 1 aromatic rings. The van der Waals surface area contributed by atoms with Crippen molar-refractivity contribution in [3.05, 3.63) is 47.0 Å². The Kier molecular flexibility index (Phi) is 4.99. The second-order valence-corrected chi connectivity index (χ2v) is 10.3. The van der Waals surface area contributed by atoms with E-state index in [2.05, 4.69) is 26.2 Å². The highest BCUT2D eigenvalue weighted by Crippen LogP contribution is 2.28. The van der Waals surface area contributed by atoms with Crippen molar-refractivity contribution in [1.82, 2.24) is 0 Å². The first-order chi connectivity index (χ1) is 7.78. The van der Waals surface area contributed by atoms with Crippen LogP contribution in [-0.2, 0) is 4.43 Å². The minimum atomic E-state index is -1.56. The molecule has 0 unspecified atom stereocenters. The van der Waals surface area contributed by atoms with Crippen LogP contribution in [0.4, 0.5) is 0 Å². The van der Waals surface area contributed by atoms with Crippen LogP contribution in [0, 0.1) is 0 Å². The predicted octanol–water partition coefficient (Wildman–Crippen LogP) is 5.20. The van der Waals surface area contributed by atoms with Crippen molar-refractivity contribution < 1.29 is 4.43 Å². The summed E-state index contributed by atoms with van der Waals surface area (Å²) in [5.41, 5.74) is 2.32. The third-order valence-corrected chi connectivity index (χ3v) is 3.52. The number of hydrogen-bond acceptors (Lipinski definition) is 1. The lowest BCUT2D eigenvalue weighted by Gasteiger charge is -2.27. The molecule has 94 valence electrons. The molecule has 0 saturated heterocycles. The second-order valence-electron chi connectivity index (χ2n) is 5.43. The smallest absolute Gasteiger partial charge is 0.184 e. The molecule has 0 aromatic heterocycles. The van der Waals surface area contributed by atoms with E-state index < -0.39 is 8.32 Å². The van der Waals surface area contributed by atoms with Crippen LogP contribution in [0.15, 0.2) is 36.4 Å². The summed E-state index contributed by atoms with van der Waals surface area (Å²) in [6.07, 6.45) is 0.975. The lowest BCUT2D eigenvalue weighted by Crippen LogP contribution is -2.28. The number of hydrogen-bond donors (Lipinski definition) is 0. The largest absolute Gasteiger partial charge is 0.410 e. The zero-order chi connectivity index (χ0) is 13.1. The fraction of sp³-hybridized carbons (Fsp3) is 0.429. The maximum absolute atomic E-state index is 6.21. The summed E-state index contributed by atoms with van der Waals surface area (Å²) in [7, 11) is -1.56. The third kappa shape index (κ3) is 5.53. The van der Waals surface area contributed by atoms with Crippen LogP contribution >= 0.6 is 11.6 Å². The van der Waals surface area contributed by atoms with Crippen LogP contribution in [-0.4, -0.2) is 8.32 Å². The number of benzene rings is 1. The van der Waals surface area contributed by atoms with Crippen molar-refractivity contribution >= 4 is 19.9 Å². The topological polar surface area (TPSA) is 9.23 Å². The first kappa shape index (κ1) is 14.5. The predicted molar refractivity (Wildman–Crippen MR) is 78.1 cm³/mol. The Bertz CT molecular complexity index is 378. The zero-order valence-corrected chi connectivity index (χ0v) is 12.8. The van der Waals surface area contributed by atoms with Crippen molar-refractivity contribution in [2.75, 3.05) is 0 Å². The van der Waals surface area contributed by atoms with Gasteiger partial charge in [0.05, 0.1) is 6.10 Å². The van der Waals surface area contributed by atoms with Gasteiger partial charge in [0.2, 0.25) is 0 Å². The molecular weight excluding hydrogens is 248 g/mol. The highest BCUT2D eigenvalue weighted by atomic mass is 35.5. The number of halogens is 1. The van der Waals surface area contributed by atoms with Crippen molar-refractivity contribution in [2.45, 2.75) is 39.1 Å². The van der Waals surface area contributed by atoms with Gasteiger partial charge in [0.15, 0.2) is 8.32 Å². The Morgan fingerprint density at radius 2 is 1.82 bits per heavy atom. The van der Waals surface area contributed by atoms with Crippen molar-refractivity contribution in [3.8, 4) is 0 Å². The summed E-state index contributed by atoms with van der Waals surface area (Å²) >= 11 is 5.91. The Morgan fingerprint density at radius 3 is 2.24 bits per heavy atom. The molecule has 1 aromatic carbocycles. The molecule has 3 heteroatoms. The Balaban J connectivity index is 2.89. The molecular formula is C14H21ClOSi. The standard InChI is InChI=1S/C14H21ClOSi/c1-11(2)10-14(16-17(3,4)5)12-6-8-13(15)9-7-12/h6-9,14H,1,10H2,2-5H3/t14-/m1/s1. The van der Waals surface area contributed by atoms with E-state index in [4.69, 9.17) is 16.0 Å². The van der Waals surface area contributed by atoms with Gasteiger partial charge in [-0.3, -0.25) is 0 Å². The van der Waals surface area contributed by atoms with Gasteiger partial charge in [-0.1, -0.05) is 29.3 Å². The summed E-state index contributed by atoms with van der Waals surface area (Å²) in [6.45, 7) is 12.6. The van der Waals surface area contributed by atoms with E-state index in [0.29, 0.717) is 0 Å². The molecule has 17 heavy (non-hydrogen) atoms. The SMILES string of the molecule is C=C(C)C[C@@H](O[Si](C)(C)C)c1ccc(Cl)cc1. The van der Waals surface area contributed by atoms with Gasteiger partial charge in [-0.2, -0.15) is 0 Å². The Morgan fingerprint density at radius 1 is 1.29 bits per heavy atom. The van der Waals surface area contributed by atoms with Crippen molar-refractivity contribution in [2.24, 2.45) is 0 Å². The van der Waals surface area contributed by atoms with E-state index in [1.807, 2.05) is 31.2 Å². The van der Waals surface area contributed by atoms with Crippen LogP contribution < -0.4 is 0 Å². The monoisotopic (exact) mass is 268 g/mol. The maximum Gasteiger partial charge on any atom is 0.184 e. The Hall–Kier alpha value is -0.573. The first-order valence-electron chi connectivity index (χ1n) is 5.85. The van der Waals surface area contributed by atoms with E-state index in [9.17, 15) is 0 Å². The molecule has 0 bridgehead atoms. The van der Waals surface area contributed by atoms with Gasteiger partial charge < -0.3 is 4.43 Å². The van der Waals surface area contributed by atoms with E-state index in [0.717, 1.165) is 17.0 Å². The number of rotatable bonds is 5. The Labute approximate surface area is 111 Å². The normalized spacial score (nSPS) is 13.5. The van der Waals surface area contributed by atoms with Gasteiger partial charge in [0, 0.05) is 5.02 Å². The van der Waals surface area contributed by atoms with Crippen LogP contribution in [0.2, 0.25) is 24.7 Å². The molecule has 0 spiro atoms. The average Bonchev–Trinajstić information content (AvgIpc) is 2.14. The van der Waals surface area contributed by atoms with Gasteiger partial charge in [0.1, 0.15) is 0 Å². The van der Waals surface area contributed by atoms with E-state index in [1.54, 1.807) is 0 Å². The second kappa shape index (κ2) is 5.85. The molecule has 0 N–H and O–H groups in total. The van der Waals surface area contributed by atoms with Crippen molar-refractivity contribution in [1.29, 1.82) is 0 Å². The summed E-state index contributed by atoms with van der Waals surface area (Å²) in [4.78, 5) is 0. The van der Waals surface area contributed by atoms with Gasteiger partial charge in [-0.05, 0) is 50.7 Å². The molecule has 0 radical (unpaired) electrons. The maximum atomic E-state index is 6.21. The van der Waals surface area contributed by atoms with Crippen LogP contribution in [0.25, 0.3) is 0 Å². The summed E-state index contributed by atoms with van der Waals surface area (Å²) in [5, 5.41) is 0.760. The van der Waals surface area contributed by atoms with Gasteiger partial charge in [0.25, 0.3) is 0 Å². The lowest BCUT2D eigenvalue weighted by molar-refractivity contribution is 0.198. The average molecular weight is 269 g/mol. The minimum Gasteiger partial charge on any atom is -0.410 e. The molecule has 0 aliphatic rings. The molecule has 1 rings (SSSR count). The van der Waals surface area contributed by atoms with E-state index >= 15 is 0 Å². The highest BCUT2D eigenvalue weighted by Gasteiger charge is 2.22. The van der Waals surface area contributed by atoms with Crippen LogP contribution in [0.5, 0.6) is 0 Å². The zero-order valence-electron chi connectivity index (χ0n) is 11.1. The first-order valence-corrected chi connectivity index (χ1v) is 9.64. The van der Waals surface area contributed by atoms with Gasteiger partial charge >= 0.3 is 0 Å². The fourth-order valence-corrected chi connectivity index (χ4v) is 2.85. The minimum absolute atomic E-state index is 0.108. The molecule has 0 amide bonds. The molecule has 0 saturated carbocycles. The van der Waals surface area contributed by atoms with Gasteiger partial charge in [-0.25, -0.2) is 0 Å². The molecule has 0 heterocycles. The molecule has 1 atom stereocenters. The van der Waals surface area contributed by atoms with Crippen LogP contribution in [0.3, 0.4) is 0 Å².